The van der Waals surface area contributed by atoms with Crippen LogP contribution in [0.15, 0.2) is 61.3 Å². The zero-order chi connectivity index (χ0) is 32.9. The Morgan fingerprint density at radius 1 is 1.22 bits per heavy atom. The number of rotatable bonds is 8. The molecule has 2 aromatic carbocycles. The highest BCUT2D eigenvalue weighted by Crippen LogP contribution is 2.35. The smallest absolute Gasteiger partial charge is 0.477 e. The molecule has 0 saturated carbocycles. The van der Waals surface area contributed by atoms with Crippen LogP contribution in [-0.4, -0.2) is 50.5 Å². The zero-order valence-electron chi connectivity index (χ0n) is 23.7. The lowest BCUT2D eigenvalue weighted by Gasteiger charge is -2.16. The largest absolute Gasteiger partial charge is 0.573 e. The van der Waals surface area contributed by atoms with Gasteiger partial charge in [0.1, 0.15) is 18.1 Å². The number of carbonyl (C=O) groups is 3. The molecule has 0 aliphatic heterocycles. The van der Waals surface area contributed by atoms with E-state index >= 15 is 0 Å². The minimum atomic E-state index is -4.65. The second-order valence-electron chi connectivity index (χ2n) is 9.72. The molecule has 0 fully saturated rings. The van der Waals surface area contributed by atoms with Gasteiger partial charge in [-0.25, -0.2) is 23.5 Å². The molecule has 0 unspecified atom stereocenters. The first kappa shape index (κ1) is 35.2. The van der Waals surface area contributed by atoms with Crippen LogP contribution in [0, 0.1) is 12.7 Å². The van der Waals surface area contributed by atoms with Crippen LogP contribution in [0.25, 0.3) is 5.65 Å². The van der Waals surface area contributed by atoms with Crippen LogP contribution in [-0.2, 0) is 17.7 Å². The number of carbonyl (C=O) groups excluding carboxylic acids is 2. The molecule has 11 nitrogen and oxygen atoms in total. The van der Waals surface area contributed by atoms with Crippen molar-refractivity contribution in [1.29, 1.82) is 0 Å². The van der Waals surface area contributed by atoms with Crippen molar-refractivity contribution in [2.75, 3.05) is 6.61 Å². The van der Waals surface area contributed by atoms with Gasteiger partial charge in [-0.05, 0) is 60.2 Å². The summed E-state index contributed by atoms with van der Waals surface area (Å²) in [7, 11) is 0. The van der Waals surface area contributed by atoms with Crippen LogP contribution in [0.1, 0.15) is 73.5 Å². The average molecular weight is 646 g/mol. The highest BCUT2D eigenvalue weighted by atomic mass is 19.4. The van der Waals surface area contributed by atoms with E-state index in [0.717, 1.165) is 33.5 Å². The molecule has 0 radical (unpaired) electrons. The van der Waals surface area contributed by atoms with Gasteiger partial charge in [0, 0.05) is 12.6 Å². The number of carboxylic acid groups (broad SMARTS) is 1. The fraction of sp³-hybridized carbons (Fsp3) is 0.258. The van der Waals surface area contributed by atoms with E-state index in [1.54, 1.807) is 18.2 Å². The number of alkyl halides is 3. The molecule has 1 amide bonds. The van der Waals surface area contributed by atoms with Gasteiger partial charge in [0.25, 0.3) is 5.91 Å². The van der Waals surface area contributed by atoms with Gasteiger partial charge in [0.2, 0.25) is 0 Å². The standard InChI is InChI=1S/C22H19FN4O5.C8H8F3NO.CH4/c1-3-8-32-22(31)13-4-5-14-12(11(13)2)6-7-16(14)26-20(28)18-9-17(21(29)30)25-19-15(23)10-24-27(18)19;9-8(10,11)13-7-3-1-2-6(4-7)5-12;/h3-5,9-10,16H,1,6-8H2,2H3,(H,26,28)(H,29,30);1-4H,5,12H2;1H4/t16-;;/m0../s1. The Morgan fingerprint density at radius 2 is 1.96 bits per heavy atom. The highest BCUT2D eigenvalue weighted by molar-refractivity contribution is 5.96. The van der Waals surface area contributed by atoms with E-state index in [1.807, 2.05) is 6.92 Å². The van der Waals surface area contributed by atoms with E-state index in [-0.39, 0.29) is 43.7 Å². The van der Waals surface area contributed by atoms with Crippen molar-refractivity contribution >= 4 is 23.5 Å². The number of benzene rings is 2. The van der Waals surface area contributed by atoms with Crippen LogP contribution in [0.5, 0.6) is 5.75 Å². The summed E-state index contributed by atoms with van der Waals surface area (Å²) in [5, 5.41) is 15.9. The molecular formula is C31H31F4N5O6. The highest BCUT2D eigenvalue weighted by Gasteiger charge is 2.31. The summed E-state index contributed by atoms with van der Waals surface area (Å²) >= 11 is 0. The van der Waals surface area contributed by atoms with Crippen LogP contribution in [0.4, 0.5) is 17.6 Å². The topological polar surface area (TPSA) is 158 Å². The molecule has 5 rings (SSSR count). The van der Waals surface area contributed by atoms with Gasteiger partial charge in [-0.1, -0.05) is 38.3 Å². The summed E-state index contributed by atoms with van der Waals surface area (Å²) in [4.78, 5) is 40.3. The molecule has 4 aromatic rings. The molecule has 244 valence electrons. The number of aromatic nitrogens is 3. The van der Waals surface area contributed by atoms with E-state index in [9.17, 15) is 37.1 Å². The Hall–Kier alpha value is -5.31. The monoisotopic (exact) mass is 645 g/mol. The maximum absolute atomic E-state index is 13.9. The lowest BCUT2D eigenvalue weighted by atomic mass is 9.98. The van der Waals surface area contributed by atoms with Crippen molar-refractivity contribution in [3.63, 3.8) is 0 Å². The Bertz CT molecular complexity index is 1770. The van der Waals surface area contributed by atoms with Gasteiger partial charge < -0.3 is 25.6 Å². The lowest BCUT2D eigenvalue weighted by Crippen LogP contribution is -2.29. The number of amides is 1. The summed E-state index contributed by atoms with van der Waals surface area (Å²) in [6.45, 7) is 5.65. The molecule has 0 bridgehead atoms. The summed E-state index contributed by atoms with van der Waals surface area (Å²) in [5.74, 6) is -3.53. The average Bonchev–Trinajstić information content (AvgIpc) is 3.58. The van der Waals surface area contributed by atoms with Crippen LogP contribution < -0.4 is 15.8 Å². The summed E-state index contributed by atoms with van der Waals surface area (Å²) < 4.78 is 58.9. The number of hydrogen-bond donors (Lipinski definition) is 3. The number of fused-ring (bicyclic) bond motifs is 2. The number of nitrogens with two attached hydrogens (primary N) is 1. The summed E-state index contributed by atoms with van der Waals surface area (Å²) in [5.41, 5.74) is 7.91. The summed E-state index contributed by atoms with van der Waals surface area (Å²) in [6.07, 6.45) is -1.07. The molecule has 46 heavy (non-hydrogen) atoms. The van der Waals surface area contributed by atoms with Crippen molar-refractivity contribution in [1.82, 2.24) is 19.9 Å². The van der Waals surface area contributed by atoms with Gasteiger partial charge >= 0.3 is 18.3 Å². The molecule has 15 heteroatoms. The van der Waals surface area contributed by atoms with E-state index in [4.69, 9.17) is 10.5 Å². The fourth-order valence-electron chi connectivity index (χ4n) is 4.77. The normalized spacial score (nSPS) is 13.5. The Balaban J connectivity index is 0.000000347. The zero-order valence-corrected chi connectivity index (χ0v) is 23.7. The number of nitrogens with one attached hydrogen (secondary N) is 1. The second kappa shape index (κ2) is 14.6. The number of carboxylic acids is 1. The first-order valence-electron chi connectivity index (χ1n) is 13.4. The number of halogens is 4. The van der Waals surface area contributed by atoms with Crippen LogP contribution >= 0.6 is 0 Å². The minimum absolute atomic E-state index is 0. The van der Waals surface area contributed by atoms with Gasteiger partial charge in [-0.15, -0.1) is 13.2 Å². The Labute approximate surface area is 260 Å². The maximum Gasteiger partial charge on any atom is 0.573 e. The lowest BCUT2D eigenvalue weighted by molar-refractivity contribution is -0.274. The van der Waals surface area contributed by atoms with Crippen molar-refractivity contribution in [2.45, 2.75) is 46.1 Å². The Morgan fingerprint density at radius 3 is 2.61 bits per heavy atom. The van der Waals surface area contributed by atoms with Crippen molar-refractivity contribution in [2.24, 2.45) is 5.73 Å². The maximum atomic E-state index is 13.9. The molecule has 1 aliphatic carbocycles. The molecule has 0 spiro atoms. The number of nitrogens with zero attached hydrogens (tertiary/aromatic N) is 3. The van der Waals surface area contributed by atoms with Crippen molar-refractivity contribution < 1.29 is 46.5 Å². The Kier molecular flexibility index (Phi) is 11.2. The first-order valence-corrected chi connectivity index (χ1v) is 13.4. The first-order chi connectivity index (χ1) is 21.3. The molecule has 1 atom stereocenters. The third kappa shape index (κ3) is 8.04. The second-order valence-corrected chi connectivity index (χ2v) is 9.72. The quantitative estimate of drug-likeness (QED) is 0.131. The number of aromatic carboxylic acids is 1. The van der Waals surface area contributed by atoms with Gasteiger partial charge in [0.05, 0.1) is 17.8 Å². The molecule has 0 saturated heterocycles. The van der Waals surface area contributed by atoms with E-state index in [0.29, 0.717) is 24.0 Å². The van der Waals surface area contributed by atoms with Crippen molar-refractivity contribution in [3.8, 4) is 5.75 Å². The predicted octanol–water partition coefficient (Wildman–Crippen LogP) is 5.32. The fourth-order valence-corrected chi connectivity index (χ4v) is 4.77. The molecule has 2 heterocycles. The van der Waals surface area contributed by atoms with E-state index < -0.39 is 35.7 Å². The third-order valence-corrected chi connectivity index (χ3v) is 6.80. The molecule has 4 N–H and O–H groups in total. The van der Waals surface area contributed by atoms with Crippen LogP contribution in [0.3, 0.4) is 0 Å². The minimum Gasteiger partial charge on any atom is -0.477 e. The van der Waals surface area contributed by atoms with E-state index in [2.05, 4.69) is 26.7 Å². The molecular weight excluding hydrogens is 614 g/mol. The summed E-state index contributed by atoms with van der Waals surface area (Å²) in [6, 6.07) is 9.68. The van der Waals surface area contributed by atoms with E-state index in [1.165, 1.54) is 24.3 Å². The van der Waals surface area contributed by atoms with Gasteiger partial charge in [0.15, 0.2) is 17.2 Å². The van der Waals surface area contributed by atoms with Gasteiger partial charge in [-0.2, -0.15) is 5.10 Å². The molecule has 1 aliphatic rings. The van der Waals surface area contributed by atoms with Crippen LogP contribution in [0.2, 0.25) is 0 Å². The number of esters is 1. The molecule has 2 aromatic heterocycles. The SMILES string of the molecule is C.C=CCOC(=O)c1ccc2c(c1C)CC[C@@H]2NC(=O)c1cc(C(=O)O)nc2c(F)cnn12.NCc1cccc(OC(F)(F)F)c1. The predicted molar refractivity (Wildman–Crippen MR) is 158 cm³/mol. The van der Waals surface area contributed by atoms with Gasteiger partial charge in [-0.3, -0.25) is 4.79 Å². The number of ether oxygens (including phenoxy) is 2. The third-order valence-electron chi connectivity index (χ3n) is 6.80. The number of hydrogen-bond acceptors (Lipinski definition) is 8. The van der Waals surface area contributed by atoms with Crippen molar-refractivity contribution in [3.05, 3.63) is 106 Å².